The van der Waals surface area contributed by atoms with Crippen molar-refractivity contribution in [2.45, 2.75) is 19.0 Å². The first-order valence-electron chi connectivity index (χ1n) is 7.91. The number of hydrogen-bond acceptors (Lipinski definition) is 4. The second kappa shape index (κ2) is 10.4. The van der Waals surface area contributed by atoms with Crippen LogP contribution in [0.3, 0.4) is 0 Å². The minimum Gasteiger partial charge on any atom is -0.497 e. The molecule has 0 saturated carbocycles. The van der Waals surface area contributed by atoms with Crippen LogP contribution in [0.25, 0.3) is 0 Å². The molecule has 142 valence electrons. The molecule has 5 nitrogen and oxygen atoms in total. The first kappa shape index (κ1) is 22.3. The van der Waals surface area contributed by atoms with Crippen molar-refractivity contribution >= 4 is 29.9 Å². The van der Waals surface area contributed by atoms with Crippen molar-refractivity contribution in [1.29, 1.82) is 0 Å². The molecule has 2 aromatic rings. The van der Waals surface area contributed by atoms with E-state index in [1.54, 1.807) is 13.2 Å². The fraction of sp³-hybridized carbons (Fsp3) is 0.316. The van der Waals surface area contributed by atoms with E-state index in [4.69, 9.17) is 26.8 Å². The lowest BCUT2D eigenvalue weighted by atomic mass is 9.94. The molecule has 7 heteroatoms. The van der Waals surface area contributed by atoms with E-state index in [1.807, 2.05) is 43.3 Å². The molecule has 0 radical (unpaired) electrons. The molecule has 2 aromatic carbocycles. The third-order valence-corrected chi connectivity index (χ3v) is 4.32. The number of ether oxygens (including phenoxy) is 2. The normalized spacial score (nSPS) is 12.7. The van der Waals surface area contributed by atoms with E-state index in [2.05, 4.69) is 5.32 Å². The summed E-state index contributed by atoms with van der Waals surface area (Å²) in [6.45, 7) is 2.10. The molecule has 3 N–H and O–H groups in total. The fourth-order valence-electron chi connectivity index (χ4n) is 2.64. The van der Waals surface area contributed by atoms with Crippen molar-refractivity contribution in [2.75, 3.05) is 20.8 Å². The zero-order valence-corrected chi connectivity index (χ0v) is 16.6. The van der Waals surface area contributed by atoms with Gasteiger partial charge in [0.15, 0.2) is 0 Å². The molecule has 0 fully saturated rings. The Morgan fingerprint density at radius 3 is 2.46 bits per heavy atom. The lowest BCUT2D eigenvalue weighted by Gasteiger charge is -2.24. The maximum absolute atomic E-state index is 12.5. The van der Waals surface area contributed by atoms with Gasteiger partial charge in [0, 0.05) is 12.1 Å². The first-order chi connectivity index (χ1) is 12.0. The van der Waals surface area contributed by atoms with Crippen molar-refractivity contribution in [3.63, 3.8) is 0 Å². The maximum atomic E-state index is 12.5. The van der Waals surface area contributed by atoms with Crippen molar-refractivity contribution in [1.82, 2.24) is 5.32 Å². The van der Waals surface area contributed by atoms with Gasteiger partial charge < -0.3 is 20.5 Å². The topological polar surface area (TPSA) is 73.6 Å². The molecule has 0 bridgehead atoms. The van der Waals surface area contributed by atoms with E-state index >= 15 is 0 Å². The number of methoxy groups -OCH3 is 2. The Morgan fingerprint density at radius 2 is 1.88 bits per heavy atom. The van der Waals surface area contributed by atoms with Crippen LogP contribution in [0.1, 0.15) is 22.7 Å². The van der Waals surface area contributed by atoms with E-state index in [-0.39, 0.29) is 24.9 Å². The van der Waals surface area contributed by atoms with E-state index < -0.39 is 12.1 Å². The van der Waals surface area contributed by atoms with Crippen molar-refractivity contribution < 1.29 is 14.3 Å². The Bertz CT molecular complexity index is 740. The Labute approximate surface area is 165 Å². The lowest BCUT2D eigenvalue weighted by molar-refractivity contribution is -0.123. The van der Waals surface area contributed by atoms with E-state index in [9.17, 15) is 4.79 Å². The van der Waals surface area contributed by atoms with Gasteiger partial charge in [-0.3, -0.25) is 4.79 Å². The number of hydrogen-bond donors (Lipinski definition) is 2. The van der Waals surface area contributed by atoms with E-state index in [0.717, 1.165) is 22.4 Å². The zero-order valence-electron chi connectivity index (χ0n) is 15.0. The molecule has 2 rings (SSSR count). The highest BCUT2D eigenvalue weighted by molar-refractivity contribution is 6.31. The van der Waals surface area contributed by atoms with Crippen LogP contribution in [0.5, 0.6) is 5.75 Å². The summed E-state index contributed by atoms with van der Waals surface area (Å²) in [7, 11) is 3.12. The van der Waals surface area contributed by atoms with Gasteiger partial charge in [-0.1, -0.05) is 35.9 Å². The summed E-state index contributed by atoms with van der Waals surface area (Å²) in [5, 5.41) is 3.56. The van der Waals surface area contributed by atoms with Crippen LogP contribution in [-0.2, 0) is 9.53 Å². The molecule has 0 aliphatic heterocycles. The molecule has 0 spiro atoms. The molecule has 0 heterocycles. The third kappa shape index (κ3) is 5.35. The molecule has 0 aromatic heterocycles. The summed E-state index contributed by atoms with van der Waals surface area (Å²) in [5.74, 6) is 0.448. The molecule has 0 saturated heterocycles. The Hall–Kier alpha value is -1.79. The van der Waals surface area contributed by atoms with Gasteiger partial charge in [-0.15, -0.1) is 12.4 Å². The van der Waals surface area contributed by atoms with E-state index in [1.165, 1.54) is 7.11 Å². The number of nitrogens with one attached hydrogen (secondary N) is 1. The average molecular weight is 399 g/mol. The number of aryl methyl sites for hydroxylation is 1. The highest BCUT2D eigenvalue weighted by Crippen LogP contribution is 2.31. The van der Waals surface area contributed by atoms with Gasteiger partial charge in [0.05, 0.1) is 19.8 Å². The minimum atomic E-state index is -0.756. The molecular weight excluding hydrogens is 375 g/mol. The summed E-state index contributed by atoms with van der Waals surface area (Å²) in [6.07, 6.45) is 0. The van der Waals surface area contributed by atoms with Gasteiger partial charge in [0.1, 0.15) is 11.8 Å². The molecule has 0 aliphatic carbocycles. The number of amides is 1. The fourth-order valence-corrected chi connectivity index (χ4v) is 2.88. The largest absolute Gasteiger partial charge is 0.497 e. The lowest BCUT2D eigenvalue weighted by Crippen LogP contribution is -2.45. The molecule has 0 aliphatic rings. The van der Waals surface area contributed by atoms with Gasteiger partial charge in [-0.25, -0.2) is 0 Å². The molecule has 1 amide bonds. The highest BCUT2D eigenvalue weighted by atomic mass is 35.5. The van der Waals surface area contributed by atoms with Crippen molar-refractivity contribution in [3.8, 4) is 5.75 Å². The average Bonchev–Trinajstić information content (AvgIpc) is 2.60. The molecular formula is C19H24Cl2N2O3. The Morgan fingerprint density at radius 1 is 1.19 bits per heavy atom. The van der Waals surface area contributed by atoms with Crippen LogP contribution < -0.4 is 15.8 Å². The first-order valence-corrected chi connectivity index (χ1v) is 8.29. The van der Waals surface area contributed by atoms with Crippen molar-refractivity contribution in [2.24, 2.45) is 5.73 Å². The highest BCUT2D eigenvalue weighted by Gasteiger charge is 2.24. The number of halogens is 2. The smallest absolute Gasteiger partial charge is 0.240 e. The second-order valence-corrected chi connectivity index (χ2v) is 6.15. The summed E-state index contributed by atoms with van der Waals surface area (Å²) in [5.41, 5.74) is 8.56. The summed E-state index contributed by atoms with van der Waals surface area (Å²) >= 11 is 6.37. The maximum Gasteiger partial charge on any atom is 0.240 e. The van der Waals surface area contributed by atoms with Gasteiger partial charge in [0.25, 0.3) is 0 Å². The second-order valence-electron chi connectivity index (χ2n) is 5.75. The van der Waals surface area contributed by atoms with Gasteiger partial charge in [-0.2, -0.15) is 0 Å². The standard InChI is InChI=1S/C19H23ClN2O3.ClH/c1-12-10-13(25-3)8-9-14(12)18(15-6-4-5-7-16(15)20)22-19(23)17(21)11-24-2;/h4-10,17-18H,11,21H2,1-3H3,(H,22,23);1H. The Kier molecular flexibility index (Phi) is 8.88. The molecule has 26 heavy (non-hydrogen) atoms. The predicted molar refractivity (Wildman–Crippen MR) is 106 cm³/mol. The molecule has 2 unspecified atom stereocenters. The van der Waals surface area contributed by atoms with Crippen LogP contribution in [0.15, 0.2) is 42.5 Å². The van der Waals surface area contributed by atoms with Crippen LogP contribution in [-0.4, -0.2) is 32.8 Å². The van der Waals surface area contributed by atoms with Gasteiger partial charge in [0.2, 0.25) is 5.91 Å². The van der Waals surface area contributed by atoms with Gasteiger partial charge in [-0.05, 0) is 41.8 Å². The number of rotatable bonds is 7. The number of benzene rings is 2. The third-order valence-electron chi connectivity index (χ3n) is 3.97. The number of nitrogens with two attached hydrogens (primary N) is 1. The number of carbonyl (C=O) groups excluding carboxylic acids is 1. The quantitative estimate of drug-likeness (QED) is 0.750. The van der Waals surface area contributed by atoms with Crippen molar-refractivity contribution in [3.05, 3.63) is 64.2 Å². The minimum absolute atomic E-state index is 0. The van der Waals surface area contributed by atoms with Crippen LogP contribution in [0, 0.1) is 6.92 Å². The summed E-state index contributed by atoms with van der Waals surface area (Å²) < 4.78 is 10.2. The molecule has 2 atom stereocenters. The van der Waals surface area contributed by atoms with Gasteiger partial charge >= 0.3 is 0 Å². The summed E-state index contributed by atoms with van der Waals surface area (Å²) in [6, 6.07) is 11.9. The SMILES string of the molecule is COCC(N)C(=O)NC(c1ccc(OC)cc1C)c1ccccc1Cl.Cl. The van der Waals surface area contributed by atoms with Crippen LogP contribution >= 0.6 is 24.0 Å². The van der Waals surface area contributed by atoms with Crippen LogP contribution in [0.4, 0.5) is 0 Å². The number of carbonyl (C=O) groups is 1. The van der Waals surface area contributed by atoms with Crippen LogP contribution in [0.2, 0.25) is 5.02 Å². The van der Waals surface area contributed by atoms with E-state index in [0.29, 0.717) is 5.02 Å². The monoisotopic (exact) mass is 398 g/mol. The zero-order chi connectivity index (χ0) is 18.4. The predicted octanol–water partition coefficient (Wildman–Crippen LogP) is 3.26. The Balaban J connectivity index is 0.00000338. The summed E-state index contributed by atoms with van der Waals surface area (Å²) in [4.78, 5) is 12.5.